The van der Waals surface area contributed by atoms with Crippen molar-refractivity contribution in [3.8, 4) is 0 Å². The molecule has 7 heteroatoms. The molecule has 0 aliphatic carbocycles. The number of carbonyl (C=O) groups excluding carboxylic acids is 1. The molecule has 1 atom stereocenters. The molecule has 0 spiro atoms. The van der Waals surface area contributed by atoms with Crippen molar-refractivity contribution in [1.82, 2.24) is 20.5 Å². The molecule has 3 N–H and O–H groups in total. The summed E-state index contributed by atoms with van der Waals surface area (Å²) in [6.07, 6.45) is 0.692. The van der Waals surface area contributed by atoms with Crippen molar-refractivity contribution >= 4 is 6.09 Å². The van der Waals surface area contributed by atoms with Gasteiger partial charge in [0.1, 0.15) is 23.8 Å². The van der Waals surface area contributed by atoms with Gasteiger partial charge in [0.15, 0.2) is 0 Å². The van der Waals surface area contributed by atoms with Gasteiger partial charge in [-0.05, 0) is 20.8 Å². The Hall–Kier alpha value is -1.63. The third-order valence-corrected chi connectivity index (χ3v) is 1.64. The lowest BCUT2D eigenvalue weighted by Gasteiger charge is -2.21. The molecule has 0 saturated heterocycles. The topological polar surface area (TPSA) is 100 Å². The van der Waals surface area contributed by atoms with Crippen LogP contribution in [0, 0.1) is 0 Å². The van der Waals surface area contributed by atoms with Crippen LogP contribution in [-0.4, -0.2) is 38.6 Å². The molecule has 0 saturated carbocycles. The normalized spacial score (nSPS) is 13.2. The maximum atomic E-state index is 11.4. The zero-order chi connectivity index (χ0) is 12.2. The number of hydrogen-bond donors (Lipinski definition) is 3. The molecule has 16 heavy (non-hydrogen) atoms. The second-order valence-electron chi connectivity index (χ2n) is 4.25. The molecular weight excluding hydrogens is 212 g/mol. The molecule has 0 aromatic carbocycles. The highest BCUT2D eigenvalue weighted by Crippen LogP contribution is 2.10. The van der Waals surface area contributed by atoms with E-state index in [1.54, 1.807) is 20.8 Å². The Balaban J connectivity index is 2.55. The van der Waals surface area contributed by atoms with Crippen LogP contribution < -0.4 is 5.32 Å². The average molecular weight is 228 g/mol. The van der Waals surface area contributed by atoms with Crippen LogP contribution in [0.25, 0.3) is 0 Å². The van der Waals surface area contributed by atoms with Gasteiger partial charge < -0.3 is 15.2 Å². The van der Waals surface area contributed by atoms with Gasteiger partial charge in [0, 0.05) is 0 Å². The summed E-state index contributed by atoms with van der Waals surface area (Å²) < 4.78 is 5.04. The van der Waals surface area contributed by atoms with Crippen LogP contribution in [0.1, 0.15) is 32.6 Å². The van der Waals surface area contributed by atoms with Crippen molar-refractivity contribution in [1.29, 1.82) is 0 Å². The molecule has 1 amide bonds. The highest BCUT2D eigenvalue weighted by atomic mass is 16.6. The van der Waals surface area contributed by atoms with Crippen molar-refractivity contribution in [2.75, 3.05) is 6.61 Å². The molecule has 0 aliphatic heterocycles. The minimum absolute atomic E-state index is 0.283. The molecule has 0 bridgehead atoms. The van der Waals surface area contributed by atoms with E-state index in [2.05, 4.69) is 20.5 Å². The smallest absolute Gasteiger partial charge is 0.408 e. The van der Waals surface area contributed by atoms with Crippen LogP contribution in [0.4, 0.5) is 4.79 Å². The lowest BCUT2D eigenvalue weighted by molar-refractivity contribution is 0.0478. The van der Waals surface area contributed by atoms with Crippen LogP contribution in [-0.2, 0) is 4.74 Å². The third-order valence-electron chi connectivity index (χ3n) is 1.64. The first kappa shape index (κ1) is 12.4. The van der Waals surface area contributed by atoms with E-state index in [-0.39, 0.29) is 6.61 Å². The average Bonchev–Trinajstić information content (AvgIpc) is 2.63. The predicted octanol–water partition coefficient (Wildman–Crippen LogP) is 0.363. The van der Waals surface area contributed by atoms with Crippen LogP contribution in [0.15, 0.2) is 6.33 Å². The van der Waals surface area contributed by atoms with Crippen LogP contribution in [0.3, 0.4) is 0 Å². The number of nitrogens with zero attached hydrogens (tertiary/aromatic N) is 2. The van der Waals surface area contributed by atoms with Crippen molar-refractivity contribution < 1.29 is 14.6 Å². The molecule has 1 heterocycles. The summed E-state index contributed by atoms with van der Waals surface area (Å²) in [5.41, 5.74) is -0.578. The lowest BCUT2D eigenvalue weighted by Crippen LogP contribution is -2.36. The lowest BCUT2D eigenvalue weighted by atomic mass is 10.2. The zero-order valence-electron chi connectivity index (χ0n) is 9.52. The Labute approximate surface area is 93.2 Å². The van der Waals surface area contributed by atoms with Gasteiger partial charge in [-0.15, -0.1) is 0 Å². The molecule has 0 aliphatic rings. The summed E-state index contributed by atoms with van der Waals surface area (Å²) in [5, 5.41) is 17.8. The van der Waals surface area contributed by atoms with Gasteiger partial charge in [-0.2, -0.15) is 5.10 Å². The summed E-state index contributed by atoms with van der Waals surface area (Å²) >= 11 is 0. The van der Waals surface area contributed by atoms with E-state index in [9.17, 15) is 4.79 Å². The summed E-state index contributed by atoms with van der Waals surface area (Å²) in [6, 6.07) is -0.641. The van der Waals surface area contributed by atoms with Crippen LogP contribution in [0.5, 0.6) is 0 Å². The number of H-pyrrole nitrogens is 1. The maximum Gasteiger partial charge on any atom is 0.408 e. The van der Waals surface area contributed by atoms with Gasteiger partial charge in [-0.1, -0.05) is 0 Å². The van der Waals surface area contributed by atoms with Gasteiger partial charge in [0.25, 0.3) is 0 Å². The Morgan fingerprint density at radius 3 is 2.81 bits per heavy atom. The summed E-state index contributed by atoms with van der Waals surface area (Å²) in [6.45, 7) is 4.99. The Morgan fingerprint density at radius 2 is 2.38 bits per heavy atom. The minimum Gasteiger partial charge on any atom is -0.444 e. The third kappa shape index (κ3) is 3.85. The predicted molar refractivity (Wildman–Crippen MR) is 55.6 cm³/mol. The van der Waals surface area contributed by atoms with E-state index in [4.69, 9.17) is 9.84 Å². The van der Waals surface area contributed by atoms with Gasteiger partial charge >= 0.3 is 6.09 Å². The molecule has 90 valence electrons. The van der Waals surface area contributed by atoms with E-state index < -0.39 is 17.7 Å². The molecule has 7 nitrogen and oxygen atoms in total. The molecule has 1 aromatic heterocycles. The van der Waals surface area contributed by atoms with Crippen molar-refractivity contribution in [2.45, 2.75) is 32.4 Å². The van der Waals surface area contributed by atoms with E-state index in [0.717, 1.165) is 0 Å². The van der Waals surface area contributed by atoms with Crippen LogP contribution in [0.2, 0.25) is 0 Å². The molecular formula is C9H16N4O3. The Kier molecular flexibility index (Phi) is 3.83. The highest BCUT2D eigenvalue weighted by Gasteiger charge is 2.21. The molecule has 1 rings (SSSR count). The number of aliphatic hydroxyl groups excluding tert-OH is 1. The monoisotopic (exact) mass is 228 g/mol. The fraction of sp³-hybridized carbons (Fsp3) is 0.667. The maximum absolute atomic E-state index is 11.4. The molecule has 0 fully saturated rings. The molecule has 0 unspecified atom stereocenters. The fourth-order valence-corrected chi connectivity index (χ4v) is 1.03. The van der Waals surface area contributed by atoms with Crippen molar-refractivity contribution in [2.24, 2.45) is 0 Å². The number of carbonyl (C=O) groups is 1. The first-order valence-electron chi connectivity index (χ1n) is 4.88. The number of nitrogens with one attached hydrogen (secondary N) is 2. The number of aromatic amines is 1. The van der Waals surface area contributed by atoms with E-state index in [1.165, 1.54) is 6.33 Å². The first-order chi connectivity index (χ1) is 7.42. The number of aromatic nitrogens is 3. The summed E-state index contributed by atoms with van der Waals surface area (Å²) in [4.78, 5) is 15.3. The standard InChI is InChI=1S/C9H16N4O3/c1-9(2,3)16-8(15)12-6(4-14)7-10-5-11-13-7/h5-6,14H,4H2,1-3H3,(H,12,15)(H,10,11,13)/t6-/m1/s1. The van der Waals surface area contributed by atoms with Gasteiger partial charge in [0.2, 0.25) is 0 Å². The largest absolute Gasteiger partial charge is 0.444 e. The Morgan fingerprint density at radius 1 is 1.69 bits per heavy atom. The van der Waals surface area contributed by atoms with E-state index in [0.29, 0.717) is 5.82 Å². The number of hydrogen-bond acceptors (Lipinski definition) is 5. The quantitative estimate of drug-likeness (QED) is 0.693. The van der Waals surface area contributed by atoms with Crippen LogP contribution >= 0.6 is 0 Å². The van der Waals surface area contributed by atoms with Gasteiger partial charge in [-0.3, -0.25) is 5.10 Å². The summed E-state index contributed by atoms with van der Waals surface area (Å²) in [5.74, 6) is 0.383. The van der Waals surface area contributed by atoms with Gasteiger partial charge in [0.05, 0.1) is 6.61 Å². The second kappa shape index (κ2) is 4.93. The summed E-state index contributed by atoms with van der Waals surface area (Å²) in [7, 11) is 0. The number of alkyl carbamates (subject to hydrolysis) is 1. The molecule has 0 radical (unpaired) electrons. The highest BCUT2D eigenvalue weighted by molar-refractivity contribution is 5.68. The van der Waals surface area contributed by atoms with Crippen molar-refractivity contribution in [3.63, 3.8) is 0 Å². The first-order valence-corrected chi connectivity index (χ1v) is 4.88. The SMILES string of the molecule is CC(C)(C)OC(=O)N[C@H](CO)c1ncn[nH]1. The number of ether oxygens (including phenoxy) is 1. The van der Waals surface area contributed by atoms with E-state index in [1.807, 2.05) is 0 Å². The molecule has 1 aromatic rings. The number of aliphatic hydroxyl groups is 1. The van der Waals surface area contributed by atoms with Gasteiger partial charge in [-0.25, -0.2) is 9.78 Å². The zero-order valence-corrected chi connectivity index (χ0v) is 9.52. The number of rotatable bonds is 3. The van der Waals surface area contributed by atoms with Crippen molar-refractivity contribution in [3.05, 3.63) is 12.2 Å². The van der Waals surface area contributed by atoms with E-state index >= 15 is 0 Å². The Bertz CT molecular complexity index is 331. The second-order valence-corrected chi connectivity index (χ2v) is 4.25. The fourth-order valence-electron chi connectivity index (χ4n) is 1.03. The minimum atomic E-state index is -0.641. The number of amides is 1.